The van der Waals surface area contributed by atoms with E-state index in [-0.39, 0.29) is 10.8 Å². The van der Waals surface area contributed by atoms with E-state index in [1.54, 1.807) is 0 Å². The van der Waals surface area contributed by atoms with Crippen LogP contribution >= 0.6 is 0 Å². The van der Waals surface area contributed by atoms with Crippen LogP contribution in [0.15, 0.2) is 146 Å². The Morgan fingerprint density at radius 3 is 1.30 bits per heavy atom. The molecule has 334 valence electrons. The Morgan fingerprint density at radius 1 is 0.418 bits per heavy atom. The van der Waals surface area contributed by atoms with Gasteiger partial charge in [0.05, 0.1) is 17.0 Å². The van der Waals surface area contributed by atoms with Gasteiger partial charge < -0.3 is 0 Å². The number of hydrogen-bond donors (Lipinski definition) is 0. The van der Waals surface area contributed by atoms with E-state index in [1.165, 1.54) is 92.0 Å². The lowest BCUT2D eigenvalue weighted by Crippen LogP contribution is -2.42. The fourth-order valence-electron chi connectivity index (χ4n) is 15.5. The molecular weight excluding hydrogens is 813 g/mol. The Labute approximate surface area is 398 Å². The number of nitriles is 1. The normalized spacial score (nSPS) is 27.9. The molecule has 4 heteroatoms. The molecule has 4 fully saturated rings. The third-order valence-corrected chi connectivity index (χ3v) is 17.3. The highest BCUT2D eigenvalue weighted by atomic mass is 15.0. The Morgan fingerprint density at radius 2 is 0.851 bits per heavy atom. The zero-order chi connectivity index (χ0) is 45.5. The van der Waals surface area contributed by atoms with E-state index >= 15 is 0 Å². The van der Waals surface area contributed by atoms with Crippen molar-refractivity contribution in [3.8, 4) is 51.4 Å². The lowest BCUT2D eigenvalue weighted by Gasteiger charge is -2.50. The first-order valence-electron chi connectivity index (χ1n) is 25.4. The highest BCUT2D eigenvalue weighted by Gasteiger charge is 2.48. The summed E-state index contributed by atoms with van der Waals surface area (Å²) in [6.45, 7) is 9.88. The smallest absolute Gasteiger partial charge is 0.164 e. The van der Waals surface area contributed by atoms with Gasteiger partial charge in [0.1, 0.15) is 0 Å². The second-order valence-corrected chi connectivity index (χ2v) is 22.5. The highest BCUT2D eigenvalue weighted by Crippen LogP contribution is 2.58. The average Bonchev–Trinajstić information content (AvgIpc) is 3.63. The molecule has 1 aromatic heterocycles. The molecule has 7 aromatic rings. The Hall–Kier alpha value is -6.18. The van der Waals surface area contributed by atoms with Crippen LogP contribution in [0.25, 0.3) is 45.3 Å². The van der Waals surface area contributed by atoms with Gasteiger partial charge in [-0.2, -0.15) is 5.26 Å². The van der Waals surface area contributed by atoms with Gasteiger partial charge in [-0.05, 0) is 173 Å². The average molecular weight is 875 g/mol. The van der Waals surface area contributed by atoms with Gasteiger partial charge >= 0.3 is 0 Å². The summed E-state index contributed by atoms with van der Waals surface area (Å²) < 4.78 is 0. The zero-order valence-electron chi connectivity index (χ0n) is 39.7. The van der Waals surface area contributed by atoms with Crippen LogP contribution in [0.5, 0.6) is 0 Å². The molecule has 6 aromatic carbocycles. The number of benzene rings is 6. The van der Waals surface area contributed by atoms with Crippen molar-refractivity contribution in [1.29, 1.82) is 5.26 Å². The Kier molecular flexibility index (Phi) is 10.2. The molecular formula is C63H62N4. The predicted octanol–water partition coefficient (Wildman–Crippen LogP) is 15.3. The third kappa shape index (κ3) is 7.10. The molecule has 5 aliphatic rings. The first-order chi connectivity index (χ1) is 32.6. The van der Waals surface area contributed by atoms with Crippen molar-refractivity contribution >= 4 is 0 Å². The van der Waals surface area contributed by atoms with Crippen molar-refractivity contribution in [3.05, 3.63) is 185 Å². The molecule has 1 heterocycles. The van der Waals surface area contributed by atoms with Gasteiger partial charge in [-0.3, -0.25) is 0 Å². The van der Waals surface area contributed by atoms with Gasteiger partial charge in [0.2, 0.25) is 0 Å². The molecule has 4 nitrogen and oxygen atoms in total. The lowest BCUT2D eigenvalue weighted by atomic mass is 9.54. The Bertz CT molecular complexity index is 2840. The molecule has 0 radical (unpaired) electrons. The molecule has 0 spiro atoms. The molecule has 5 aliphatic carbocycles. The summed E-state index contributed by atoms with van der Waals surface area (Å²) >= 11 is 0. The van der Waals surface area contributed by atoms with Crippen molar-refractivity contribution < 1.29 is 0 Å². The minimum absolute atomic E-state index is 0.251. The van der Waals surface area contributed by atoms with Crippen LogP contribution in [0.3, 0.4) is 0 Å². The van der Waals surface area contributed by atoms with Gasteiger partial charge in [0.15, 0.2) is 17.5 Å². The second-order valence-electron chi connectivity index (χ2n) is 22.5. The minimum atomic E-state index is -0.626. The van der Waals surface area contributed by atoms with E-state index in [1.807, 2.05) is 6.07 Å². The molecule has 4 saturated carbocycles. The summed E-state index contributed by atoms with van der Waals surface area (Å²) in [6, 6.07) is 55.8. The maximum Gasteiger partial charge on any atom is 0.164 e. The second kappa shape index (κ2) is 16.3. The first kappa shape index (κ1) is 42.2. The fourth-order valence-corrected chi connectivity index (χ4v) is 15.5. The van der Waals surface area contributed by atoms with Gasteiger partial charge in [-0.15, -0.1) is 0 Å². The fraction of sp³-hybridized carbons (Fsp3) is 0.365. The molecule has 8 atom stereocenters. The first-order valence-corrected chi connectivity index (χ1v) is 25.4. The number of hydrogen-bond acceptors (Lipinski definition) is 4. The molecule has 12 rings (SSSR count). The van der Waals surface area contributed by atoms with Crippen LogP contribution in [0.4, 0.5) is 0 Å². The summed E-state index contributed by atoms with van der Waals surface area (Å²) in [5, 5.41) is 10.1. The molecule has 3 unspecified atom stereocenters. The maximum absolute atomic E-state index is 10.1. The zero-order valence-corrected chi connectivity index (χ0v) is 39.7. The molecule has 67 heavy (non-hydrogen) atoms. The van der Waals surface area contributed by atoms with E-state index in [2.05, 4.69) is 173 Å². The van der Waals surface area contributed by atoms with Crippen molar-refractivity contribution in [3.63, 3.8) is 0 Å². The van der Waals surface area contributed by atoms with Crippen LogP contribution < -0.4 is 0 Å². The number of nitrogens with zero attached hydrogens (tertiary/aromatic N) is 4. The molecule has 0 aliphatic heterocycles. The van der Waals surface area contributed by atoms with Crippen LogP contribution in [-0.4, -0.2) is 15.0 Å². The standard InChI is InChI=1S/C63H62N4/c1-40-27-45-28-41(2)34-61(33-40,37-45)50-21-16-47(17-22-50)58-65-59(48-18-23-51(24-19-48)62-35-42(3)29-46(38-62)30-43(4)36-62)67-60(66-58)49-20-25-54-55-31-44(39-64)15-26-56(55)63(57(54)32-49,52-11-7-5-8-12-52)53-13-9-6-10-14-53/h5-26,31-32,40-43,45-46H,27-30,33-38H2,1-4H3/t40-,41+,42-,43+,45-,46?,61?,62?. The SMILES string of the molecule is C[C@@H]1CC2C[C@H](C)CC(c3ccc(-c4nc(-c5ccc(C67C[C@H](C)C[C@H](C[C@H](C)C6)C7)cc5)nc(-c5ccc6c(c5)C(c5ccccc5)(c5ccccc5)c5ccc(C#N)cc5-6)n4)cc3)(C2)C1. The van der Waals surface area contributed by atoms with Gasteiger partial charge in [0.25, 0.3) is 0 Å². The van der Waals surface area contributed by atoms with Crippen LogP contribution in [0.1, 0.15) is 131 Å². The van der Waals surface area contributed by atoms with Crippen LogP contribution in [-0.2, 0) is 16.2 Å². The minimum Gasteiger partial charge on any atom is -0.208 e. The quantitative estimate of drug-likeness (QED) is 0.160. The molecule has 0 amide bonds. The summed E-state index contributed by atoms with van der Waals surface area (Å²) in [4.78, 5) is 16.2. The van der Waals surface area contributed by atoms with Crippen molar-refractivity contribution in [2.45, 2.75) is 108 Å². The number of rotatable bonds is 7. The van der Waals surface area contributed by atoms with E-state index < -0.39 is 5.41 Å². The molecule has 0 saturated heterocycles. The lowest BCUT2D eigenvalue weighted by molar-refractivity contribution is 0.0779. The van der Waals surface area contributed by atoms with E-state index in [0.717, 1.165) is 68.9 Å². The van der Waals surface area contributed by atoms with Gasteiger partial charge in [0, 0.05) is 16.7 Å². The van der Waals surface area contributed by atoms with E-state index in [9.17, 15) is 5.26 Å². The summed E-state index contributed by atoms with van der Waals surface area (Å²) in [5.74, 6) is 6.73. The van der Waals surface area contributed by atoms with Crippen LogP contribution in [0.2, 0.25) is 0 Å². The molecule has 0 N–H and O–H groups in total. The van der Waals surface area contributed by atoms with Gasteiger partial charge in [-0.25, -0.2) is 15.0 Å². The van der Waals surface area contributed by atoms with Crippen LogP contribution in [0, 0.1) is 46.8 Å². The predicted molar refractivity (Wildman–Crippen MR) is 271 cm³/mol. The summed E-state index contributed by atoms with van der Waals surface area (Å²) in [6.07, 6.45) is 13.2. The third-order valence-electron chi connectivity index (χ3n) is 17.3. The number of fused-ring (bicyclic) bond motifs is 7. The van der Waals surface area contributed by atoms with E-state index in [4.69, 9.17) is 15.0 Å². The summed E-state index contributed by atoms with van der Waals surface area (Å²) in [5.41, 5.74) is 13.4. The van der Waals surface area contributed by atoms with E-state index in [0.29, 0.717) is 23.0 Å². The van der Waals surface area contributed by atoms with Crippen molar-refractivity contribution in [2.75, 3.05) is 0 Å². The van der Waals surface area contributed by atoms with Crippen molar-refractivity contribution in [2.24, 2.45) is 35.5 Å². The largest absolute Gasteiger partial charge is 0.208 e. The highest BCUT2D eigenvalue weighted by molar-refractivity contribution is 5.88. The topological polar surface area (TPSA) is 62.5 Å². The number of aromatic nitrogens is 3. The summed E-state index contributed by atoms with van der Waals surface area (Å²) in [7, 11) is 0. The maximum atomic E-state index is 10.1. The monoisotopic (exact) mass is 874 g/mol. The van der Waals surface area contributed by atoms with Gasteiger partial charge in [-0.1, -0.05) is 155 Å². The van der Waals surface area contributed by atoms with Crippen molar-refractivity contribution in [1.82, 2.24) is 15.0 Å². The molecule has 4 bridgehead atoms. The Balaban J connectivity index is 1.01.